The van der Waals surface area contributed by atoms with Crippen molar-refractivity contribution in [1.82, 2.24) is 0 Å². The molecule has 2 aromatic carbocycles. The van der Waals surface area contributed by atoms with Crippen LogP contribution in [-0.4, -0.2) is 0 Å². The summed E-state index contributed by atoms with van der Waals surface area (Å²) in [7, 11) is 0. The molecule has 0 heterocycles. The average Bonchev–Trinajstić information content (AvgIpc) is 2.74. The van der Waals surface area contributed by atoms with Crippen molar-refractivity contribution in [2.24, 2.45) is 0 Å². The molecule has 0 amide bonds. The van der Waals surface area contributed by atoms with Crippen molar-refractivity contribution < 1.29 is 51.0 Å². The second kappa shape index (κ2) is 8.28. The van der Waals surface area contributed by atoms with E-state index in [0.29, 0.717) is 0 Å². The minimum absolute atomic E-state index is 0. The van der Waals surface area contributed by atoms with Crippen molar-refractivity contribution in [3.05, 3.63) is 58.1 Å². The van der Waals surface area contributed by atoms with Gasteiger partial charge in [-0.15, -0.1) is 11.1 Å². The number of hydrogen-bond acceptors (Lipinski definition) is 0. The van der Waals surface area contributed by atoms with E-state index in [1.54, 1.807) is 0 Å². The van der Waals surface area contributed by atoms with Gasteiger partial charge in [0.25, 0.3) is 0 Å². The molecule has 0 nitrogen and oxygen atoms in total. The van der Waals surface area contributed by atoms with E-state index in [4.69, 9.17) is 0 Å². The van der Waals surface area contributed by atoms with Crippen molar-refractivity contribution in [1.29, 1.82) is 0 Å². The zero-order valence-electron chi connectivity index (χ0n) is 16.3. The maximum absolute atomic E-state index is 3.71. The van der Waals surface area contributed by atoms with Crippen LogP contribution in [0.2, 0.25) is 0 Å². The van der Waals surface area contributed by atoms with E-state index in [9.17, 15) is 0 Å². The number of hydrogen-bond donors (Lipinski definition) is 0. The Kier molecular flexibility index (Phi) is 8.25. The van der Waals surface area contributed by atoms with Gasteiger partial charge in [-0.1, -0.05) is 72.2 Å². The maximum atomic E-state index is 3.71. The molecule has 1 aliphatic rings. The second-order valence-corrected chi connectivity index (χ2v) is 8.77. The van der Waals surface area contributed by atoms with E-state index in [0.717, 1.165) is 6.42 Å². The molecule has 25 heavy (non-hydrogen) atoms. The first-order valence-electron chi connectivity index (χ1n) is 8.27. The smallest absolute Gasteiger partial charge is 1.00 e. The van der Waals surface area contributed by atoms with Gasteiger partial charge in [0.05, 0.1) is 0 Å². The summed E-state index contributed by atoms with van der Waals surface area (Å²) >= 11 is 0. The summed E-state index contributed by atoms with van der Waals surface area (Å²) in [6.07, 6.45) is 1.03. The van der Waals surface area contributed by atoms with Crippen LogP contribution in [-0.2, 0) is 43.5 Å². The molecule has 0 aromatic heterocycles. The summed E-state index contributed by atoms with van der Waals surface area (Å²) < 4.78 is 0. The molecular formula is C22H27Cl2Zr. The number of rotatable bonds is 0. The average molecular weight is 454 g/mol. The van der Waals surface area contributed by atoms with Crippen LogP contribution >= 0.6 is 0 Å². The van der Waals surface area contributed by atoms with Crippen LogP contribution in [0.4, 0.5) is 0 Å². The van der Waals surface area contributed by atoms with E-state index < -0.39 is 0 Å². The van der Waals surface area contributed by atoms with Gasteiger partial charge < -0.3 is 24.8 Å². The third-order valence-corrected chi connectivity index (χ3v) is 4.76. The van der Waals surface area contributed by atoms with Crippen molar-refractivity contribution in [2.75, 3.05) is 0 Å². The first kappa shape index (κ1) is 24.9. The first-order valence-corrected chi connectivity index (χ1v) is 8.27. The largest absolute Gasteiger partial charge is 3.00 e. The third kappa shape index (κ3) is 4.80. The molecule has 0 fully saturated rings. The molecule has 0 atom stereocenters. The zero-order valence-corrected chi connectivity index (χ0v) is 20.2. The summed E-state index contributed by atoms with van der Waals surface area (Å²) in [4.78, 5) is 0. The molecule has 0 saturated carbocycles. The van der Waals surface area contributed by atoms with Crippen molar-refractivity contribution in [3.8, 4) is 11.1 Å². The van der Waals surface area contributed by atoms with Crippen LogP contribution in [0.3, 0.4) is 0 Å². The molecule has 1 aliphatic carbocycles. The monoisotopic (exact) mass is 451 g/mol. The molecule has 0 N–H and O–H groups in total. The molecule has 0 aliphatic heterocycles. The normalized spacial score (nSPS) is 12.3. The third-order valence-electron chi connectivity index (χ3n) is 4.76. The van der Waals surface area contributed by atoms with E-state index in [1.165, 1.54) is 38.9 Å². The fourth-order valence-corrected chi connectivity index (χ4v) is 3.34. The summed E-state index contributed by atoms with van der Waals surface area (Å²) in [5.41, 5.74) is 10.2. The summed E-state index contributed by atoms with van der Waals surface area (Å²) in [6, 6.07) is 13.1. The molecule has 0 spiro atoms. The van der Waals surface area contributed by atoms with Crippen LogP contribution < -0.4 is 24.8 Å². The van der Waals surface area contributed by atoms with Crippen molar-refractivity contribution in [3.63, 3.8) is 0 Å². The molecule has 3 heteroatoms. The van der Waals surface area contributed by atoms with Crippen molar-refractivity contribution in [2.45, 2.75) is 65.7 Å². The molecular weight excluding hydrogens is 426 g/mol. The molecule has 133 valence electrons. The summed E-state index contributed by atoms with van der Waals surface area (Å²) in [5.74, 6) is 0. The topological polar surface area (TPSA) is 0 Å². The Balaban J connectivity index is 0.00000192. The van der Waals surface area contributed by atoms with Crippen LogP contribution in [0.1, 0.15) is 69.4 Å². The fraction of sp³-hybridized carbons (Fsp3) is 0.455. The van der Waals surface area contributed by atoms with Gasteiger partial charge in [0.15, 0.2) is 0 Å². The van der Waals surface area contributed by atoms with Gasteiger partial charge in [-0.25, -0.2) is 0 Å². The second-order valence-electron chi connectivity index (χ2n) is 8.77. The van der Waals surface area contributed by atoms with E-state index in [-0.39, 0.29) is 61.8 Å². The van der Waals surface area contributed by atoms with Crippen LogP contribution in [0.15, 0.2) is 24.3 Å². The van der Waals surface area contributed by atoms with Gasteiger partial charge in [-0.3, -0.25) is 0 Å². The number of fused-ring (bicyclic) bond motifs is 3. The van der Waals surface area contributed by atoms with Crippen molar-refractivity contribution >= 4 is 0 Å². The Morgan fingerprint density at radius 2 is 1.48 bits per heavy atom. The maximum Gasteiger partial charge on any atom is 3.00 e. The minimum Gasteiger partial charge on any atom is -1.00 e. The van der Waals surface area contributed by atoms with Gasteiger partial charge in [0.1, 0.15) is 0 Å². The SMILES string of the molecule is Cc1cc(C(C)(C)C)[c-]c2c1-c1ccc(C(C)(C)C)cc1C2.[Cl-].[Cl-].[Zr+3]. The van der Waals surface area contributed by atoms with E-state index >= 15 is 0 Å². The Labute approximate surface area is 185 Å². The van der Waals surface area contributed by atoms with Gasteiger partial charge in [-0.05, 0) is 28.4 Å². The zero-order chi connectivity index (χ0) is 16.3. The van der Waals surface area contributed by atoms with Crippen LogP contribution in [0.5, 0.6) is 0 Å². The first-order chi connectivity index (χ1) is 10.1. The Hall–Kier alpha value is -0.0969. The van der Waals surface area contributed by atoms with Crippen LogP contribution in [0.25, 0.3) is 11.1 Å². The van der Waals surface area contributed by atoms with Gasteiger partial charge in [-0.2, -0.15) is 23.3 Å². The van der Waals surface area contributed by atoms with Gasteiger partial charge >= 0.3 is 26.2 Å². The van der Waals surface area contributed by atoms with Crippen LogP contribution in [0, 0.1) is 13.0 Å². The summed E-state index contributed by atoms with van der Waals surface area (Å²) in [6.45, 7) is 15.9. The van der Waals surface area contributed by atoms with Gasteiger partial charge in [0, 0.05) is 0 Å². The number of halogens is 2. The Bertz CT molecular complexity index is 750. The Morgan fingerprint density at radius 3 is 2.00 bits per heavy atom. The molecule has 2 aromatic rings. The molecule has 0 unspecified atom stereocenters. The van der Waals surface area contributed by atoms with E-state index in [2.05, 4.69) is 78.8 Å². The predicted molar refractivity (Wildman–Crippen MR) is 95.7 cm³/mol. The molecule has 0 saturated heterocycles. The van der Waals surface area contributed by atoms with E-state index in [1.807, 2.05) is 0 Å². The molecule has 0 bridgehead atoms. The minimum atomic E-state index is 0. The molecule has 3 rings (SSSR count). The predicted octanol–water partition coefficient (Wildman–Crippen LogP) is -0.0331. The standard InChI is InChI=1S/C22H27.2ClH.Zr/c1-14-10-18(22(5,6)7)13-16-11-15-12-17(21(2,3)4)8-9-19(15)20(14)16;;;/h8-10,12H,11H2,1-7H3;2*1H;/q-1;;;+3/p-2. The summed E-state index contributed by atoms with van der Waals surface area (Å²) in [5, 5.41) is 0. The number of aryl methyl sites for hydroxylation is 1. The fourth-order valence-electron chi connectivity index (χ4n) is 3.34. The van der Waals surface area contributed by atoms with Gasteiger partial charge in [0.2, 0.25) is 0 Å². The number of benzene rings is 2. The Morgan fingerprint density at radius 1 is 0.880 bits per heavy atom. The quantitative estimate of drug-likeness (QED) is 0.420. The molecule has 1 radical (unpaired) electrons.